The second kappa shape index (κ2) is 6.63. The molecule has 0 spiro atoms. The Bertz CT molecular complexity index is 1330. The number of anilines is 1. The Kier molecular flexibility index (Phi) is 4.06. The number of hydrogen-bond donors (Lipinski definition) is 1. The molecule has 0 aliphatic heterocycles. The maximum absolute atomic E-state index is 13.1. The van der Waals surface area contributed by atoms with Crippen LogP contribution < -0.4 is 10.9 Å². The molecule has 29 heavy (non-hydrogen) atoms. The first-order chi connectivity index (χ1) is 14.0. The third-order valence-corrected chi connectivity index (χ3v) is 5.09. The summed E-state index contributed by atoms with van der Waals surface area (Å²) in [6.45, 7) is -0.312. The molecule has 4 heterocycles. The van der Waals surface area contributed by atoms with Crippen LogP contribution in [0.15, 0.2) is 41.5 Å². The van der Waals surface area contributed by atoms with Crippen LogP contribution in [0.3, 0.4) is 0 Å². The number of nitrogens with one attached hydrogen (secondary N) is 1. The van der Waals surface area contributed by atoms with E-state index in [1.165, 1.54) is 27.4 Å². The van der Waals surface area contributed by atoms with Crippen molar-refractivity contribution in [1.29, 1.82) is 0 Å². The lowest BCUT2D eigenvalue weighted by Gasteiger charge is -2.12. The van der Waals surface area contributed by atoms with Crippen molar-refractivity contribution in [1.82, 2.24) is 24.1 Å². The van der Waals surface area contributed by atoms with E-state index in [9.17, 15) is 14.0 Å². The predicted molar refractivity (Wildman–Crippen MR) is 105 cm³/mol. The van der Waals surface area contributed by atoms with Gasteiger partial charge < -0.3 is 5.32 Å². The van der Waals surface area contributed by atoms with E-state index in [0.29, 0.717) is 17.0 Å². The van der Waals surface area contributed by atoms with Gasteiger partial charge in [-0.05, 0) is 37.1 Å². The quantitative estimate of drug-likeness (QED) is 0.556. The van der Waals surface area contributed by atoms with Crippen LogP contribution in [-0.4, -0.2) is 30.1 Å². The first-order valence-corrected chi connectivity index (χ1v) is 9.37. The van der Waals surface area contributed by atoms with Crippen LogP contribution in [0.25, 0.3) is 16.7 Å². The molecular weight excluding hydrogens is 399 g/mol. The largest absolute Gasteiger partial charge is 0.309 e. The molecular formula is C19H14ClFN6O2. The second-order valence-corrected chi connectivity index (χ2v) is 7.32. The van der Waals surface area contributed by atoms with E-state index >= 15 is 0 Å². The number of carbonyl (C=O) groups excluding carboxylic acids is 1. The van der Waals surface area contributed by atoms with Crippen LogP contribution in [0.1, 0.15) is 24.5 Å². The lowest BCUT2D eigenvalue weighted by molar-refractivity contribution is -0.116. The van der Waals surface area contributed by atoms with Crippen molar-refractivity contribution in [2.75, 3.05) is 5.32 Å². The molecule has 8 nitrogen and oxygen atoms in total. The Morgan fingerprint density at radius 1 is 1.24 bits per heavy atom. The summed E-state index contributed by atoms with van der Waals surface area (Å²) in [5, 5.41) is 7.36. The van der Waals surface area contributed by atoms with Crippen molar-refractivity contribution in [3.63, 3.8) is 0 Å². The van der Waals surface area contributed by atoms with Crippen molar-refractivity contribution in [2.45, 2.75) is 25.3 Å². The molecule has 146 valence electrons. The van der Waals surface area contributed by atoms with Gasteiger partial charge in [-0.3, -0.25) is 14.2 Å². The molecule has 0 atom stereocenters. The van der Waals surface area contributed by atoms with Crippen molar-refractivity contribution in [3.05, 3.63) is 63.5 Å². The third-order valence-electron chi connectivity index (χ3n) is 4.82. The number of amides is 1. The van der Waals surface area contributed by atoms with E-state index in [4.69, 9.17) is 11.6 Å². The van der Waals surface area contributed by atoms with Gasteiger partial charge in [0.15, 0.2) is 11.3 Å². The fourth-order valence-electron chi connectivity index (χ4n) is 3.28. The first kappa shape index (κ1) is 17.7. The van der Waals surface area contributed by atoms with E-state index in [-0.39, 0.29) is 23.0 Å². The van der Waals surface area contributed by atoms with Gasteiger partial charge in [-0.2, -0.15) is 9.61 Å². The molecule has 10 heteroatoms. The summed E-state index contributed by atoms with van der Waals surface area (Å²) in [7, 11) is 0. The van der Waals surface area contributed by atoms with Gasteiger partial charge in [-0.25, -0.2) is 14.4 Å². The standard InChI is InChI=1S/C19H14ClFN6O2/c20-13-8-23-27-17-12(4-5-14(24-17)10-1-2-10)19(29)26(18(13)27)9-16(28)25-15-6-3-11(21)7-22-15/h3-8,10H,1-2,9H2,(H,22,25,28). The number of halogens is 2. The van der Waals surface area contributed by atoms with Crippen LogP contribution in [0.2, 0.25) is 5.02 Å². The zero-order valence-corrected chi connectivity index (χ0v) is 15.7. The molecule has 4 aromatic heterocycles. The van der Waals surface area contributed by atoms with Crippen molar-refractivity contribution >= 4 is 40.0 Å². The number of carbonyl (C=O) groups is 1. The van der Waals surface area contributed by atoms with Crippen LogP contribution in [0.5, 0.6) is 0 Å². The zero-order chi connectivity index (χ0) is 20.1. The van der Waals surface area contributed by atoms with Crippen molar-refractivity contribution in [2.24, 2.45) is 0 Å². The maximum Gasteiger partial charge on any atom is 0.263 e. The normalized spacial score (nSPS) is 13.9. The SMILES string of the molecule is O=C(Cn1c(=O)c2ccc(C3CC3)nc2n2ncc(Cl)c12)Nc1ccc(F)cn1. The average Bonchev–Trinajstić information content (AvgIpc) is 3.49. The number of hydrogen-bond acceptors (Lipinski definition) is 5. The average molecular weight is 413 g/mol. The molecule has 1 amide bonds. The van der Waals surface area contributed by atoms with Crippen LogP contribution >= 0.6 is 11.6 Å². The minimum atomic E-state index is -0.514. The molecule has 1 aliphatic carbocycles. The molecule has 0 aromatic carbocycles. The highest BCUT2D eigenvalue weighted by Crippen LogP contribution is 2.39. The smallest absolute Gasteiger partial charge is 0.263 e. The van der Waals surface area contributed by atoms with E-state index < -0.39 is 17.3 Å². The van der Waals surface area contributed by atoms with Gasteiger partial charge in [0.25, 0.3) is 5.56 Å². The minimum Gasteiger partial charge on any atom is -0.309 e. The van der Waals surface area contributed by atoms with Gasteiger partial charge in [-0.15, -0.1) is 0 Å². The molecule has 5 rings (SSSR count). The molecule has 4 aromatic rings. The van der Waals surface area contributed by atoms with Crippen LogP contribution in [0.4, 0.5) is 10.2 Å². The molecule has 1 saturated carbocycles. The number of rotatable bonds is 4. The highest BCUT2D eigenvalue weighted by atomic mass is 35.5. The number of aromatic nitrogens is 5. The molecule has 0 unspecified atom stereocenters. The molecule has 1 fully saturated rings. The highest BCUT2D eigenvalue weighted by molar-refractivity contribution is 6.33. The second-order valence-electron chi connectivity index (χ2n) is 6.91. The monoisotopic (exact) mass is 412 g/mol. The van der Waals surface area contributed by atoms with Gasteiger partial charge in [0.05, 0.1) is 17.8 Å². The molecule has 0 radical (unpaired) electrons. The molecule has 0 saturated heterocycles. The minimum absolute atomic E-state index is 0.177. The number of pyridine rings is 2. The summed E-state index contributed by atoms with van der Waals surface area (Å²) < 4.78 is 15.7. The summed E-state index contributed by atoms with van der Waals surface area (Å²) in [6, 6.07) is 6.07. The summed E-state index contributed by atoms with van der Waals surface area (Å²) in [5.74, 6) is -0.430. The fraction of sp³-hybridized carbons (Fsp3) is 0.211. The van der Waals surface area contributed by atoms with Gasteiger partial charge in [-0.1, -0.05) is 11.6 Å². The van der Waals surface area contributed by atoms with E-state index in [1.807, 2.05) is 6.07 Å². The topological polar surface area (TPSA) is 94.2 Å². The maximum atomic E-state index is 13.1. The summed E-state index contributed by atoms with van der Waals surface area (Å²) in [6.07, 6.45) is 4.57. The Morgan fingerprint density at radius 3 is 2.79 bits per heavy atom. The van der Waals surface area contributed by atoms with Crippen molar-refractivity contribution < 1.29 is 9.18 Å². The molecule has 1 N–H and O–H groups in total. The summed E-state index contributed by atoms with van der Waals surface area (Å²) in [5.41, 5.74) is 1.22. The van der Waals surface area contributed by atoms with Gasteiger partial charge in [0, 0.05) is 11.6 Å². The van der Waals surface area contributed by atoms with Gasteiger partial charge in [0.1, 0.15) is 23.2 Å². The summed E-state index contributed by atoms with van der Waals surface area (Å²) >= 11 is 6.27. The Balaban J connectivity index is 1.58. The van der Waals surface area contributed by atoms with Gasteiger partial charge in [0.2, 0.25) is 5.91 Å². The number of nitrogens with zero attached hydrogens (tertiary/aromatic N) is 5. The Labute approximate surface area is 168 Å². The third kappa shape index (κ3) is 3.13. The molecule has 0 bridgehead atoms. The summed E-state index contributed by atoms with van der Waals surface area (Å²) in [4.78, 5) is 34.0. The van der Waals surface area contributed by atoms with Gasteiger partial charge >= 0.3 is 0 Å². The van der Waals surface area contributed by atoms with E-state index in [0.717, 1.165) is 24.7 Å². The fourth-order valence-corrected chi connectivity index (χ4v) is 3.51. The lowest BCUT2D eigenvalue weighted by atomic mass is 10.2. The Morgan fingerprint density at radius 2 is 2.07 bits per heavy atom. The van der Waals surface area contributed by atoms with Crippen LogP contribution in [-0.2, 0) is 11.3 Å². The number of fused-ring (bicyclic) bond motifs is 3. The van der Waals surface area contributed by atoms with E-state index in [2.05, 4.69) is 20.4 Å². The molecule has 1 aliphatic rings. The first-order valence-electron chi connectivity index (χ1n) is 8.99. The Hall–Kier alpha value is -3.33. The highest BCUT2D eigenvalue weighted by Gasteiger charge is 2.26. The predicted octanol–water partition coefficient (Wildman–Crippen LogP) is 2.75. The lowest BCUT2D eigenvalue weighted by Crippen LogP contribution is -2.30. The van der Waals surface area contributed by atoms with E-state index in [1.54, 1.807) is 6.07 Å². The van der Waals surface area contributed by atoms with Crippen LogP contribution in [0, 0.1) is 5.82 Å². The zero-order valence-electron chi connectivity index (χ0n) is 15.0. The van der Waals surface area contributed by atoms with Crippen molar-refractivity contribution in [3.8, 4) is 0 Å².